The lowest BCUT2D eigenvalue weighted by molar-refractivity contribution is 0.0935. The van der Waals surface area contributed by atoms with Crippen LogP contribution in [0.3, 0.4) is 0 Å². The summed E-state index contributed by atoms with van der Waals surface area (Å²) in [6.07, 6.45) is 4.46. The number of carbonyl (C=O) groups excluding carboxylic acids is 1. The molecule has 1 unspecified atom stereocenters. The van der Waals surface area contributed by atoms with E-state index in [9.17, 15) is 9.18 Å². The minimum absolute atomic E-state index is 0.183. The van der Waals surface area contributed by atoms with Crippen LogP contribution in [0.25, 0.3) is 0 Å². The molecule has 0 bridgehead atoms. The van der Waals surface area contributed by atoms with Crippen LogP contribution in [0.2, 0.25) is 0 Å². The lowest BCUT2D eigenvalue weighted by Gasteiger charge is -2.10. The molecule has 0 spiro atoms. The van der Waals surface area contributed by atoms with Crippen molar-refractivity contribution in [1.29, 1.82) is 0 Å². The molecular formula is C10H11FN4O. The van der Waals surface area contributed by atoms with Crippen LogP contribution in [0.4, 0.5) is 4.39 Å². The van der Waals surface area contributed by atoms with E-state index in [0.717, 1.165) is 17.8 Å². The number of hydrogen-bond donors (Lipinski definition) is 3. The number of aromatic amines is 2. The Morgan fingerprint density at radius 3 is 2.94 bits per heavy atom. The average molecular weight is 222 g/mol. The van der Waals surface area contributed by atoms with E-state index in [0.29, 0.717) is 0 Å². The van der Waals surface area contributed by atoms with Crippen molar-refractivity contribution in [2.45, 2.75) is 13.0 Å². The third-order valence-corrected chi connectivity index (χ3v) is 2.26. The topological polar surface area (TPSA) is 73.6 Å². The number of carbonyl (C=O) groups is 1. The molecule has 2 heterocycles. The predicted molar refractivity (Wildman–Crippen MR) is 55.2 cm³/mol. The molecule has 0 aliphatic rings. The van der Waals surface area contributed by atoms with E-state index in [1.54, 1.807) is 12.4 Å². The normalized spacial score (nSPS) is 12.4. The molecule has 0 aromatic carbocycles. The molecule has 5 nitrogen and oxygen atoms in total. The van der Waals surface area contributed by atoms with Crippen molar-refractivity contribution in [3.05, 3.63) is 41.7 Å². The van der Waals surface area contributed by atoms with E-state index < -0.39 is 5.82 Å². The molecule has 2 rings (SSSR count). The Bertz CT molecular complexity index is 477. The summed E-state index contributed by atoms with van der Waals surface area (Å²) >= 11 is 0. The van der Waals surface area contributed by atoms with E-state index in [2.05, 4.69) is 20.5 Å². The minimum Gasteiger partial charge on any atom is -0.355 e. The molecule has 0 radical (unpaired) electrons. The summed E-state index contributed by atoms with van der Waals surface area (Å²) in [4.78, 5) is 14.2. The Hall–Kier alpha value is -2.11. The number of hydrogen-bond acceptors (Lipinski definition) is 2. The van der Waals surface area contributed by atoms with Crippen LogP contribution in [0, 0.1) is 5.82 Å². The highest BCUT2D eigenvalue weighted by Gasteiger charge is 2.13. The Balaban J connectivity index is 2.03. The second-order valence-electron chi connectivity index (χ2n) is 3.46. The fraction of sp³-hybridized carbons (Fsp3) is 0.200. The van der Waals surface area contributed by atoms with Gasteiger partial charge in [-0.3, -0.25) is 9.89 Å². The average Bonchev–Trinajstić information content (AvgIpc) is 2.87. The minimum atomic E-state index is -0.457. The van der Waals surface area contributed by atoms with Gasteiger partial charge in [0.25, 0.3) is 5.91 Å². The van der Waals surface area contributed by atoms with Crippen LogP contribution >= 0.6 is 0 Å². The maximum absolute atomic E-state index is 12.7. The molecule has 2 aromatic rings. The zero-order valence-corrected chi connectivity index (χ0v) is 8.62. The van der Waals surface area contributed by atoms with Gasteiger partial charge in [0.15, 0.2) is 0 Å². The Morgan fingerprint density at radius 2 is 2.38 bits per heavy atom. The van der Waals surface area contributed by atoms with Crippen molar-refractivity contribution in [3.8, 4) is 0 Å². The predicted octanol–water partition coefficient (Wildman–Crippen LogP) is 1.37. The highest BCUT2D eigenvalue weighted by Crippen LogP contribution is 2.10. The van der Waals surface area contributed by atoms with Gasteiger partial charge in [0.05, 0.1) is 12.2 Å². The number of H-pyrrole nitrogens is 2. The first-order chi connectivity index (χ1) is 7.66. The smallest absolute Gasteiger partial charge is 0.268 e. The zero-order valence-electron chi connectivity index (χ0n) is 8.62. The number of aromatic nitrogens is 3. The van der Waals surface area contributed by atoms with Crippen molar-refractivity contribution in [2.24, 2.45) is 0 Å². The molecular weight excluding hydrogens is 211 g/mol. The SMILES string of the molecule is CC(NC(=O)c1cc(F)c[nH]1)c1cn[nH]c1. The van der Waals surface area contributed by atoms with Crippen LogP contribution in [-0.4, -0.2) is 21.1 Å². The monoisotopic (exact) mass is 222 g/mol. The largest absolute Gasteiger partial charge is 0.355 e. The Kier molecular flexibility index (Phi) is 2.72. The molecule has 1 amide bonds. The van der Waals surface area contributed by atoms with Gasteiger partial charge in [0.2, 0.25) is 0 Å². The maximum atomic E-state index is 12.7. The van der Waals surface area contributed by atoms with E-state index in [1.807, 2.05) is 6.92 Å². The van der Waals surface area contributed by atoms with Gasteiger partial charge in [0, 0.05) is 24.0 Å². The maximum Gasteiger partial charge on any atom is 0.268 e. The van der Waals surface area contributed by atoms with Crippen LogP contribution in [0.1, 0.15) is 29.0 Å². The molecule has 2 aromatic heterocycles. The highest BCUT2D eigenvalue weighted by atomic mass is 19.1. The van der Waals surface area contributed by atoms with Crippen molar-refractivity contribution >= 4 is 5.91 Å². The van der Waals surface area contributed by atoms with Crippen LogP contribution in [-0.2, 0) is 0 Å². The Labute approximate surface area is 91.1 Å². The van der Waals surface area contributed by atoms with E-state index in [1.165, 1.54) is 0 Å². The molecule has 6 heteroatoms. The molecule has 0 aliphatic carbocycles. The number of halogens is 1. The van der Waals surface area contributed by atoms with Gasteiger partial charge in [-0.25, -0.2) is 4.39 Å². The van der Waals surface area contributed by atoms with Gasteiger partial charge in [-0.1, -0.05) is 0 Å². The summed E-state index contributed by atoms with van der Waals surface area (Å²) in [5.41, 5.74) is 1.06. The lowest BCUT2D eigenvalue weighted by Crippen LogP contribution is -2.26. The molecule has 0 saturated heterocycles. The van der Waals surface area contributed by atoms with Crippen LogP contribution in [0.15, 0.2) is 24.7 Å². The number of nitrogens with zero attached hydrogens (tertiary/aromatic N) is 1. The lowest BCUT2D eigenvalue weighted by atomic mass is 10.2. The molecule has 3 N–H and O–H groups in total. The highest BCUT2D eigenvalue weighted by molar-refractivity contribution is 5.92. The van der Waals surface area contributed by atoms with Crippen LogP contribution in [0.5, 0.6) is 0 Å². The molecule has 16 heavy (non-hydrogen) atoms. The van der Waals surface area contributed by atoms with Gasteiger partial charge < -0.3 is 10.3 Å². The molecule has 0 saturated carbocycles. The van der Waals surface area contributed by atoms with E-state index in [4.69, 9.17) is 0 Å². The molecule has 0 aliphatic heterocycles. The van der Waals surface area contributed by atoms with Gasteiger partial charge in [-0.15, -0.1) is 0 Å². The molecule has 0 fully saturated rings. The third-order valence-electron chi connectivity index (χ3n) is 2.26. The summed E-state index contributed by atoms with van der Waals surface area (Å²) in [7, 11) is 0. The summed E-state index contributed by atoms with van der Waals surface area (Å²) in [6, 6.07) is 0.967. The first-order valence-electron chi connectivity index (χ1n) is 4.80. The third kappa shape index (κ3) is 2.10. The first kappa shape index (κ1) is 10.4. The summed E-state index contributed by atoms with van der Waals surface area (Å²) in [5, 5.41) is 9.16. The van der Waals surface area contributed by atoms with Crippen LogP contribution < -0.4 is 5.32 Å². The second-order valence-corrected chi connectivity index (χ2v) is 3.46. The Morgan fingerprint density at radius 1 is 1.56 bits per heavy atom. The van der Waals surface area contributed by atoms with Crippen molar-refractivity contribution < 1.29 is 9.18 Å². The number of nitrogens with one attached hydrogen (secondary N) is 3. The van der Waals surface area contributed by atoms with Gasteiger partial charge in [-0.2, -0.15) is 5.10 Å². The quantitative estimate of drug-likeness (QED) is 0.733. The fourth-order valence-corrected chi connectivity index (χ4v) is 1.35. The van der Waals surface area contributed by atoms with Gasteiger partial charge in [-0.05, 0) is 6.92 Å². The standard InChI is InChI=1S/C10H11FN4O/c1-6(7-3-13-14-4-7)15-10(16)9-2-8(11)5-12-9/h2-6,12H,1H3,(H,13,14)(H,15,16). The number of amides is 1. The summed E-state index contributed by atoms with van der Waals surface area (Å²) in [6.45, 7) is 1.82. The second kappa shape index (κ2) is 4.18. The summed E-state index contributed by atoms with van der Waals surface area (Å²) in [5.74, 6) is -0.807. The van der Waals surface area contributed by atoms with E-state index >= 15 is 0 Å². The van der Waals surface area contributed by atoms with Gasteiger partial charge in [0.1, 0.15) is 11.5 Å². The number of rotatable bonds is 3. The molecule has 84 valence electrons. The van der Waals surface area contributed by atoms with Crippen molar-refractivity contribution in [3.63, 3.8) is 0 Å². The first-order valence-corrected chi connectivity index (χ1v) is 4.80. The summed E-state index contributed by atoms with van der Waals surface area (Å²) < 4.78 is 12.7. The van der Waals surface area contributed by atoms with Crippen molar-refractivity contribution in [1.82, 2.24) is 20.5 Å². The molecule has 1 atom stereocenters. The zero-order chi connectivity index (χ0) is 11.5. The van der Waals surface area contributed by atoms with Gasteiger partial charge >= 0.3 is 0 Å². The van der Waals surface area contributed by atoms with E-state index in [-0.39, 0.29) is 17.6 Å². The van der Waals surface area contributed by atoms with Crippen molar-refractivity contribution in [2.75, 3.05) is 0 Å². The fourth-order valence-electron chi connectivity index (χ4n) is 1.35.